The van der Waals surface area contributed by atoms with E-state index in [4.69, 9.17) is 18.9 Å². The molecule has 0 aromatic heterocycles. The zero-order chi connectivity index (χ0) is 64.2. The number of halogens is 4. The summed E-state index contributed by atoms with van der Waals surface area (Å²) in [5, 5.41) is 20.4. The van der Waals surface area contributed by atoms with Crippen molar-refractivity contribution in [1.29, 1.82) is 0 Å². The van der Waals surface area contributed by atoms with Crippen LogP contribution in [0, 0.1) is 55.8 Å². The normalized spacial score (nSPS) is 11.9. The maximum absolute atomic E-state index is 6.38. The van der Waals surface area contributed by atoms with E-state index in [0.29, 0.717) is 13.2 Å². The van der Waals surface area contributed by atoms with Crippen LogP contribution in [0.15, 0.2) is 146 Å². The highest BCUT2D eigenvalue weighted by atomic mass is 127. The first-order chi connectivity index (χ1) is 44.7. The molecule has 0 amide bonds. The molecule has 0 aliphatic rings. The maximum atomic E-state index is 6.38. The van der Waals surface area contributed by atoms with E-state index >= 15 is 0 Å². The molecule has 13 rings (SSSR count). The van der Waals surface area contributed by atoms with Gasteiger partial charge in [-0.15, -0.1) is 0 Å². The lowest BCUT2D eigenvalue weighted by Crippen LogP contribution is -2.01. The Labute approximate surface area is 597 Å². The van der Waals surface area contributed by atoms with Gasteiger partial charge in [-0.05, 0) is 372 Å². The molecular formula is C84H78I4O4. The molecule has 0 fully saturated rings. The highest BCUT2D eigenvalue weighted by Gasteiger charge is 2.29. The highest BCUT2D eigenvalue weighted by Crippen LogP contribution is 2.54. The molecule has 0 unspecified atom stereocenters. The van der Waals surface area contributed by atoms with E-state index < -0.39 is 0 Å². The topological polar surface area (TPSA) is 36.9 Å². The smallest absolute Gasteiger partial charge is 0.119 e. The fourth-order valence-electron chi connectivity index (χ4n) is 14.3. The van der Waals surface area contributed by atoms with Gasteiger partial charge in [-0.1, -0.05) is 126 Å². The predicted molar refractivity (Wildman–Crippen MR) is 429 cm³/mol. The number of hydrogen-bond donors (Lipinski definition) is 0. The lowest BCUT2D eigenvalue weighted by molar-refractivity contribution is 0.309. The standard InChI is InChI=1S/C84H78I4O4/c1-11-15-39-89-57-31-23-53(24-32-57)77-71-49(7)21-19-47(5)69(71)61-43-67-63(45-65(61)81(77)85)73-51(9)76-74(52(10)75(73)79(83(67)87)55-27-35-59(36-28-55)91-41-17-13-3)64-46-66-62(44-68(64)84(88)80(76)56-29-37-60(38-30-56)92-42-18-14-4)70-48(6)20-22-50(8)72(70)78(82(66)86)54-25-33-58(34-26-54)90-40-16-12-2/h19-38,43-46H,11-18,39-42H2,1-10H3. The third-order valence-electron chi connectivity index (χ3n) is 19.1. The second kappa shape index (κ2) is 27.4. The molecule has 0 heterocycles. The Hall–Kier alpha value is -5.94. The van der Waals surface area contributed by atoms with E-state index in [1.807, 2.05) is 0 Å². The number of aryl methyl sites for hydroxylation is 6. The van der Waals surface area contributed by atoms with Gasteiger partial charge in [-0.25, -0.2) is 0 Å². The predicted octanol–water partition coefficient (Wildman–Crippen LogP) is 26.6. The quantitative estimate of drug-likeness (QED) is 0.0330. The van der Waals surface area contributed by atoms with Crippen LogP contribution in [0.2, 0.25) is 0 Å². The summed E-state index contributed by atoms with van der Waals surface area (Å²) >= 11 is 10.8. The van der Waals surface area contributed by atoms with Gasteiger partial charge in [0.05, 0.1) is 26.4 Å². The molecule has 0 aliphatic heterocycles. The minimum atomic E-state index is 0.697. The van der Waals surface area contributed by atoms with Gasteiger partial charge in [-0.3, -0.25) is 0 Å². The lowest BCUT2D eigenvalue weighted by atomic mass is 9.80. The van der Waals surface area contributed by atoms with E-state index in [1.54, 1.807) is 0 Å². The average Bonchev–Trinajstić information content (AvgIpc) is 0.699. The van der Waals surface area contributed by atoms with E-state index in [1.165, 1.54) is 178 Å². The van der Waals surface area contributed by atoms with Gasteiger partial charge in [0.15, 0.2) is 0 Å². The maximum Gasteiger partial charge on any atom is 0.119 e. The minimum Gasteiger partial charge on any atom is -0.494 e. The SMILES string of the molecule is CCCCOc1ccc(-c2c(I)c3cc4c(cc3c3c(C)ccc(C)c23)c(I)c(-c2ccc(OCCCC)cc2)c2c(C)c3c(c(-c5ccc(OCCCC)cc5)c(I)c5cc6c(cc53)c(I)c(-c3ccc(OCCCC)cc3)c3c(C)ccc(C)c36)c(C)c24)cc1. The summed E-state index contributed by atoms with van der Waals surface area (Å²) in [6.45, 7) is 25.7. The molecule has 0 radical (unpaired) electrons. The Morgan fingerprint density at radius 1 is 0.250 bits per heavy atom. The van der Waals surface area contributed by atoms with Crippen molar-refractivity contribution in [3.05, 3.63) is 193 Å². The Morgan fingerprint density at radius 2 is 0.467 bits per heavy atom. The van der Waals surface area contributed by atoms with Crippen molar-refractivity contribution in [1.82, 2.24) is 0 Å². The van der Waals surface area contributed by atoms with Gasteiger partial charge in [0.2, 0.25) is 0 Å². The molecule has 0 spiro atoms. The monoisotopic (exact) mass is 1660 g/mol. The first-order valence-electron chi connectivity index (χ1n) is 33.0. The number of fused-ring (bicyclic) bond motifs is 12. The number of rotatable bonds is 20. The molecule has 0 atom stereocenters. The van der Waals surface area contributed by atoms with Crippen molar-refractivity contribution in [3.63, 3.8) is 0 Å². The zero-order valence-electron chi connectivity index (χ0n) is 54.5. The van der Waals surface area contributed by atoms with Crippen LogP contribution in [-0.2, 0) is 0 Å². The van der Waals surface area contributed by atoms with Crippen molar-refractivity contribution in [2.75, 3.05) is 26.4 Å². The van der Waals surface area contributed by atoms with Crippen LogP contribution in [0.25, 0.3) is 131 Å². The fraction of sp³-hybridized carbons (Fsp3) is 0.262. The van der Waals surface area contributed by atoms with Crippen LogP contribution in [0.4, 0.5) is 0 Å². The summed E-state index contributed by atoms with van der Waals surface area (Å²) in [5.74, 6) is 3.62. The van der Waals surface area contributed by atoms with Crippen LogP contribution in [0.3, 0.4) is 0 Å². The average molecular weight is 1660 g/mol. The number of hydrogen-bond acceptors (Lipinski definition) is 4. The van der Waals surface area contributed by atoms with Crippen molar-refractivity contribution in [2.45, 2.75) is 121 Å². The summed E-state index contributed by atoms with van der Waals surface area (Å²) in [5.41, 5.74) is 17.4. The van der Waals surface area contributed by atoms with Crippen molar-refractivity contribution in [3.8, 4) is 67.5 Å². The van der Waals surface area contributed by atoms with E-state index in [2.05, 4.69) is 305 Å². The van der Waals surface area contributed by atoms with Gasteiger partial charge >= 0.3 is 0 Å². The largest absolute Gasteiger partial charge is 0.494 e. The molecule has 4 nitrogen and oxygen atoms in total. The Kier molecular flexibility index (Phi) is 19.3. The second-order valence-corrected chi connectivity index (χ2v) is 29.5. The summed E-state index contributed by atoms with van der Waals surface area (Å²) in [6.07, 6.45) is 8.46. The molecule has 13 aromatic carbocycles. The van der Waals surface area contributed by atoms with Gasteiger partial charge in [0, 0.05) is 36.5 Å². The molecule has 8 heteroatoms. The summed E-state index contributed by atoms with van der Waals surface area (Å²) in [6, 6.07) is 55.2. The number of unbranched alkanes of at least 4 members (excludes halogenated alkanes) is 4. The van der Waals surface area contributed by atoms with E-state index in [9.17, 15) is 0 Å². The number of ether oxygens (including phenoxy) is 4. The number of benzene rings is 13. The van der Waals surface area contributed by atoms with Gasteiger partial charge in [0.25, 0.3) is 0 Å². The molecule has 0 N–H and O–H groups in total. The molecular weight excluding hydrogens is 1580 g/mol. The molecule has 0 aliphatic carbocycles. The molecule has 0 bridgehead atoms. The van der Waals surface area contributed by atoms with E-state index in [-0.39, 0.29) is 0 Å². The molecule has 0 saturated heterocycles. The second-order valence-electron chi connectivity index (χ2n) is 25.2. The lowest BCUT2D eigenvalue weighted by Gasteiger charge is -2.26. The third-order valence-corrected chi connectivity index (χ3v) is 23.6. The minimum absolute atomic E-state index is 0.697. The molecule has 92 heavy (non-hydrogen) atoms. The van der Waals surface area contributed by atoms with Crippen LogP contribution >= 0.6 is 90.4 Å². The summed E-state index contributed by atoms with van der Waals surface area (Å²) < 4.78 is 30.2. The van der Waals surface area contributed by atoms with Gasteiger partial charge in [-0.2, -0.15) is 0 Å². The van der Waals surface area contributed by atoms with Crippen molar-refractivity contribution in [2.24, 2.45) is 0 Å². The Balaban J connectivity index is 1.19. The highest BCUT2D eigenvalue weighted by molar-refractivity contribution is 14.1. The van der Waals surface area contributed by atoms with Crippen LogP contribution < -0.4 is 18.9 Å². The van der Waals surface area contributed by atoms with Crippen LogP contribution in [0.1, 0.15) is 112 Å². The van der Waals surface area contributed by atoms with Gasteiger partial charge < -0.3 is 18.9 Å². The summed E-state index contributed by atoms with van der Waals surface area (Å²) in [4.78, 5) is 0. The van der Waals surface area contributed by atoms with Crippen molar-refractivity contribution < 1.29 is 18.9 Å². The molecule has 13 aromatic rings. The Morgan fingerprint density at radius 3 is 0.707 bits per heavy atom. The van der Waals surface area contributed by atoms with E-state index in [0.717, 1.165) is 87.6 Å². The third kappa shape index (κ3) is 11.6. The van der Waals surface area contributed by atoms with Crippen LogP contribution in [-0.4, -0.2) is 26.4 Å². The first-order valence-corrected chi connectivity index (χ1v) is 37.3. The molecule has 0 saturated carbocycles. The fourth-order valence-corrected chi connectivity index (χ4v) is 18.4. The molecule has 466 valence electrons. The Bertz CT molecular complexity index is 4730. The van der Waals surface area contributed by atoms with Crippen LogP contribution in [0.5, 0.6) is 23.0 Å². The zero-order valence-corrected chi connectivity index (χ0v) is 63.1. The summed E-state index contributed by atoms with van der Waals surface area (Å²) in [7, 11) is 0. The van der Waals surface area contributed by atoms with Crippen molar-refractivity contribution >= 4 is 177 Å². The van der Waals surface area contributed by atoms with Gasteiger partial charge in [0.1, 0.15) is 23.0 Å². The first kappa shape index (κ1) is 64.8.